The number of carbonyl (C=O) groups is 5. The normalized spacial score (nSPS) is 38.0. The molecule has 3 heterocycles. The van der Waals surface area contributed by atoms with Gasteiger partial charge in [0.15, 0.2) is 11.9 Å². The van der Waals surface area contributed by atoms with E-state index in [1.165, 1.54) is 52.6 Å². The minimum atomic E-state index is -2.41. The van der Waals surface area contributed by atoms with Crippen LogP contribution in [0.5, 0.6) is 0 Å². The Morgan fingerprint density at radius 1 is 0.863 bits per heavy atom. The summed E-state index contributed by atoms with van der Waals surface area (Å²) in [5.41, 5.74) is -2.36. The zero-order chi connectivity index (χ0) is 53.4. The number of aliphatic hydroxyl groups is 3. The lowest BCUT2D eigenvalue weighted by molar-refractivity contribution is -0.357. The molecule has 4 aliphatic carbocycles. The zero-order valence-corrected chi connectivity index (χ0v) is 44.7. The van der Waals surface area contributed by atoms with Crippen molar-refractivity contribution < 1.29 is 81.9 Å². The fourth-order valence-corrected chi connectivity index (χ4v) is 13.2. The molecule has 6 unspecified atom stereocenters. The van der Waals surface area contributed by atoms with E-state index >= 15 is 0 Å². The average Bonchev–Trinajstić information content (AvgIpc) is 3.28. The lowest BCUT2D eigenvalue weighted by Crippen LogP contribution is -2.63. The molecule has 7 aliphatic rings. The van der Waals surface area contributed by atoms with Crippen molar-refractivity contribution in [3.05, 3.63) is 48.1 Å². The van der Waals surface area contributed by atoms with Crippen molar-refractivity contribution in [3.63, 3.8) is 0 Å². The van der Waals surface area contributed by atoms with Gasteiger partial charge in [-0.1, -0.05) is 71.4 Å². The average molecular weight is 1030 g/mol. The van der Waals surface area contributed by atoms with Crippen molar-refractivity contribution in [2.45, 2.75) is 212 Å². The van der Waals surface area contributed by atoms with E-state index in [1.54, 1.807) is 32.1 Å². The van der Waals surface area contributed by atoms with Crippen LogP contribution in [0.4, 0.5) is 0 Å². The molecule has 2 saturated heterocycles. The lowest BCUT2D eigenvalue weighted by atomic mass is 9.49. The van der Waals surface area contributed by atoms with Gasteiger partial charge in [0, 0.05) is 63.7 Å². The first kappa shape index (κ1) is 58.3. The number of rotatable bonds is 14. The molecule has 17 nitrogen and oxygen atoms in total. The van der Waals surface area contributed by atoms with Gasteiger partial charge in [0.25, 0.3) is 0 Å². The largest absolute Gasteiger partial charge is 0.466 e. The highest BCUT2D eigenvalue weighted by molar-refractivity contribution is 5.84. The number of hydrogen-bond donors (Lipinski definition) is 3. The van der Waals surface area contributed by atoms with Crippen LogP contribution in [0.15, 0.2) is 48.1 Å². The first-order chi connectivity index (χ1) is 34.5. The van der Waals surface area contributed by atoms with Crippen molar-refractivity contribution >= 4 is 29.8 Å². The molecular formula is C56H84O17. The second-order valence-electron chi connectivity index (χ2n) is 23.1. The third-order valence-electron chi connectivity index (χ3n) is 16.4. The molecule has 0 aromatic carbocycles. The van der Waals surface area contributed by atoms with Crippen molar-refractivity contribution in [3.8, 4) is 0 Å². The highest BCUT2D eigenvalue weighted by Crippen LogP contribution is 2.61. The van der Waals surface area contributed by atoms with E-state index in [4.69, 9.17) is 42.6 Å². The summed E-state index contributed by atoms with van der Waals surface area (Å²) in [6.45, 7) is 11.5. The molecule has 410 valence electrons. The van der Waals surface area contributed by atoms with Crippen molar-refractivity contribution in [2.24, 2.45) is 34.0 Å². The summed E-state index contributed by atoms with van der Waals surface area (Å²) < 4.78 is 55.2. The summed E-state index contributed by atoms with van der Waals surface area (Å²) in [7, 11) is 2.67. The highest BCUT2D eigenvalue weighted by Gasteiger charge is 2.60. The van der Waals surface area contributed by atoms with Gasteiger partial charge in [0.05, 0.1) is 63.0 Å². The van der Waals surface area contributed by atoms with Crippen LogP contribution in [0.3, 0.4) is 0 Å². The topological polar surface area (TPSA) is 229 Å². The Balaban J connectivity index is 1.35. The number of unbranched alkanes of at least 4 members (excludes halogenated alkanes) is 1. The third-order valence-corrected chi connectivity index (χ3v) is 16.4. The number of aliphatic hydroxyl groups excluding tert-OH is 2. The smallest absolute Gasteiger partial charge is 0.331 e. The molecule has 7 rings (SSSR count). The molecule has 3 N–H and O–H groups in total. The quantitative estimate of drug-likeness (QED) is 0.0513. The van der Waals surface area contributed by atoms with Crippen LogP contribution in [-0.2, 0) is 66.6 Å². The molecule has 0 aromatic rings. The van der Waals surface area contributed by atoms with Gasteiger partial charge < -0.3 is 58.0 Å². The number of fused-ring (bicyclic) bond motifs is 4. The molecule has 8 bridgehead atoms. The van der Waals surface area contributed by atoms with Crippen LogP contribution in [0, 0.1) is 34.0 Å². The lowest BCUT2D eigenvalue weighted by Gasteiger charge is -2.56. The fourth-order valence-electron chi connectivity index (χ4n) is 13.2. The molecule has 0 radical (unpaired) electrons. The van der Waals surface area contributed by atoms with E-state index in [0.717, 1.165) is 38.2 Å². The van der Waals surface area contributed by atoms with Crippen molar-refractivity contribution in [1.29, 1.82) is 0 Å². The maximum Gasteiger partial charge on any atom is 0.331 e. The summed E-state index contributed by atoms with van der Waals surface area (Å²) in [5.74, 6) is -5.16. The third kappa shape index (κ3) is 14.5. The van der Waals surface area contributed by atoms with Gasteiger partial charge in [0.2, 0.25) is 5.79 Å². The Kier molecular flexibility index (Phi) is 19.8. The van der Waals surface area contributed by atoms with Gasteiger partial charge in [-0.3, -0.25) is 14.4 Å². The first-order valence-corrected chi connectivity index (χ1v) is 26.6. The van der Waals surface area contributed by atoms with E-state index in [9.17, 15) is 39.3 Å². The molecule has 4 saturated carbocycles. The fraction of sp³-hybridized carbons (Fsp3) is 0.768. The molecule has 10 atom stereocenters. The highest BCUT2D eigenvalue weighted by atomic mass is 16.7. The second kappa shape index (κ2) is 24.8. The number of allylic oxidation sites excluding steroid dienone is 3. The van der Waals surface area contributed by atoms with E-state index < -0.39 is 108 Å². The Bertz CT molecular complexity index is 2020. The predicted molar refractivity (Wildman–Crippen MR) is 266 cm³/mol. The number of cyclic esters (lactones) is 1. The summed E-state index contributed by atoms with van der Waals surface area (Å²) in [6, 6.07) is 0. The van der Waals surface area contributed by atoms with Gasteiger partial charge in [-0.05, 0) is 87.0 Å². The summed E-state index contributed by atoms with van der Waals surface area (Å²) in [6.07, 6.45) is 11.2. The standard InChI is InChI=1S/C56H84O17/c1-10-11-12-13-14-16-47(60)71-51-40(24-48(61)65-8)23-42-27-45(34-57)70-49(62)26-41(59)25-43-28-46(69-36(3)58)53(6,7)55(66-9,72-43)32-44(67-18-15-17-52(4,5)56(51,64)73-42)19-35(2)68-50(63)33-54-29-37-20-38(30-54)22-39(21-37)31-54/h12-17,24,35,37-39,41-46,51,57,59,64H,10-11,18-23,25-34H2,1-9H3/b13-12+,16-14+,17-15+,40-24+/t35?,37?,38?,39?,41-,42?,43?,44+,45?,46?,51+,54?,55+,56?/m1/s1. The minimum absolute atomic E-state index is 0.0258. The minimum Gasteiger partial charge on any atom is -0.466 e. The van der Waals surface area contributed by atoms with E-state index in [1.807, 2.05) is 33.8 Å². The number of esters is 5. The SMILES string of the molecule is CCC/C=C/C=C/C(=O)O[C@H]1/C(=C/C(=O)OC)CC2CC(CO)OC(=O)C[C@H](O)CC3CC(OC(C)=O)C(C)(C)[C@](OC)(C[C@H](CC(C)OC(=O)CC45CC6CC(CC(C6)C4)C5)OC/C=C/C(C)(C)C1(O)O2)O3. The number of ether oxygens (including phenoxy) is 9. The number of methoxy groups -OCH3 is 2. The van der Waals surface area contributed by atoms with Gasteiger partial charge >= 0.3 is 29.8 Å². The molecule has 0 aromatic heterocycles. The van der Waals surface area contributed by atoms with Crippen molar-refractivity contribution in [2.75, 3.05) is 27.4 Å². The van der Waals surface area contributed by atoms with Crippen molar-refractivity contribution in [1.82, 2.24) is 0 Å². The molecule has 3 aliphatic heterocycles. The Labute approximate surface area is 431 Å². The number of hydrogen-bond acceptors (Lipinski definition) is 17. The van der Waals surface area contributed by atoms with Crippen LogP contribution in [-0.4, -0.2) is 133 Å². The van der Waals surface area contributed by atoms with Gasteiger partial charge in [-0.15, -0.1) is 0 Å². The Hall–Kier alpha value is -3.97. The maximum atomic E-state index is 13.9. The Morgan fingerprint density at radius 2 is 1.55 bits per heavy atom. The molecule has 6 fully saturated rings. The molecule has 0 spiro atoms. The summed E-state index contributed by atoms with van der Waals surface area (Å²) >= 11 is 0. The zero-order valence-electron chi connectivity index (χ0n) is 44.7. The first-order valence-electron chi connectivity index (χ1n) is 26.6. The van der Waals surface area contributed by atoms with E-state index in [-0.39, 0.29) is 62.1 Å². The predicted octanol–water partition coefficient (Wildman–Crippen LogP) is 7.21. The Morgan fingerprint density at radius 3 is 2.16 bits per heavy atom. The molecule has 0 amide bonds. The van der Waals surface area contributed by atoms with Crippen LogP contribution < -0.4 is 0 Å². The molecular weight excluding hydrogens is 945 g/mol. The summed E-state index contributed by atoms with van der Waals surface area (Å²) in [5, 5.41) is 34.9. The van der Waals surface area contributed by atoms with E-state index in [0.29, 0.717) is 24.2 Å². The van der Waals surface area contributed by atoms with Gasteiger partial charge in [-0.25, -0.2) is 9.59 Å². The van der Waals surface area contributed by atoms with Gasteiger partial charge in [-0.2, -0.15) is 0 Å². The monoisotopic (exact) mass is 1030 g/mol. The van der Waals surface area contributed by atoms with Crippen LogP contribution in [0.1, 0.15) is 151 Å². The van der Waals surface area contributed by atoms with Crippen LogP contribution in [0.25, 0.3) is 0 Å². The number of carbonyl (C=O) groups excluding carboxylic acids is 5. The molecule has 17 heteroatoms. The second-order valence-corrected chi connectivity index (χ2v) is 23.1. The molecule has 73 heavy (non-hydrogen) atoms. The van der Waals surface area contributed by atoms with E-state index in [2.05, 4.69) is 0 Å². The van der Waals surface area contributed by atoms with Crippen LogP contribution in [0.2, 0.25) is 0 Å². The van der Waals surface area contributed by atoms with Crippen LogP contribution >= 0.6 is 0 Å². The van der Waals surface area contributed by atoms with Gasteiger partial charge in [0.1, 0.15) is 18.3 Å². The summed E-state index contributed by atoms with van der Waals surface area (Å²) in [4.78, 5) is 66.5. The maximum absolute atomic E-state index is 13.9.